The Labute approximate surface area is 199 Å². The van der Waals surface area contributed by atoms with Crippen LogP contribution in [0.1, 0.15) is 28.8 Å². The highest BCUT2D eigenvalue weighted by Crippen LogP contribution is 2.50. The van der Waals surface area contributed by atoms with Crippen LogP contribution in [0.4, 0.5) is 10.3 Å². The van der Waals surface area contributed by atoms with Crippen LogP contribution in [-0.2, 0) is 0 Å². The molecule has 0 unspecified atom stereocenters. The van der Waals surface area contributed by atoms with Crippen molar-refractivity contribution in [3.8, 4) is 5.75 Å². The average molecular weight is 477 g/mol. The summed E-state index contributed by atoms with van der Waals surface area (Å²) in [6.07, 6.45) is 1.54. The van der Waals surface area contributed by atoms with Gasteiger partial charge in [0.25, 0.3) is 0 Å². The van der Waals surface area contributed by atoms with Gasteiger partial charge in [0.15, 0.2) is 0 Å². The first-order valence-electron chi connectivity index (χ1n) is 10.4. The molecule has 0 aliphatic carbocycles. The van der Waals surface area contributed by atoms with Crippen LogP contribution in [-0.4, -0.2) is 21.0 Å². The average Bonchev–Trinajstić information content (AvgIpc) is 3.26. The second-order valence-corrected chi connectivity index (χ2v) is 9.03. The van der Waals surface area contributed by atoms with Crippen molar-refractivity contribution in [3.63, 3.8) is 0 Å². The number of thioether (sulfide) groups is 1. The summed E-state index contributed by atoms with van der Waals surface area (Å²) >= 11 is 7.64. The van der Waals surface area contributed by atoms with E-state index in [9.17, 15) is 4.39 Å². The summed E-state index contributed by atoms with van der Waals surface area (Å²) in [6.45, 7) is 0. The highest BCUT2D eigenvalue weighted by Gasteiger charge is 2.41. The number of ether oxygens (including phenoxy) is 1. The number of nitrogens with zero attached hydrogens (tertiary/aromatic N) is 3. The maximum atomic E-state index is 13.8. The molecular formula is C25H18ClFN4OS. The molecule has 0 bridgehead atoms. The highest BCUT2D eigenvalue weighted by atomic mass is 35.5. The molecule has 8 heteroatoms. The molecule has 3 heterocycles. The molecule has 0 saturated heterocycles. The van der Waals surface area contributed by atoms with Crippen molar-refractivity contribution >= 4 is 35.0 Å². The molecule has 6 rings (SSSR count). The second kappa shape index (κ2) is 7.93. The number of hydrogen-bond donors (Lipinski definition) is 1. The van der Waals surface area contributed by atoms with E-state index in [1.165, 1.54) is 23.9 Å². The molecule has 0 amide bonds. The Kier molecular flexibility index (Phi) is 4.89. The van der Waals surface area contributed by atoms with Crippen LogP contribution < -0.4 is 10.1 Å². The number of nitrogens with one attached hydrogen (secondary N) is 1. The van der Waals surface area contributed by atoms with Gasteiger partial charge in [0.05, 0.1) is 5.70 Å². The third kappa shape index (κ3) is 3.39. The van der Waals surface area contributed by atoms with Crippen molar-refractivity contribution in [1.29, 1.82) is 0 Å². The van der Waals surface area contributed by atoms with Crippen LogP contribution in [0, 0.1) is 5.82 Å². The van der Waals surface area contributed by atoms with Crippen LogP contribution in [0.5, 0.6) is 5.75 Å². The van der Waals surface area contributed by atoms with Crippen LogP contribution in [0.15, 0.2) is 83.5 Å². The van der Waals surface area contributed by atoms with Gasteiger partial charge in [-0.3, -0.25) is 0 Å². The summed E-state index contributed by atoms with van der Waals surface area (Å²) in [5.41, 5.74) is 4.71. The van der Waals surface area contributed by atoms with Gasteiger partial charge in [-0.25, -0.2) is 9.07 Å². The van der Waals surface area contributed by atoms with Crippen LogP contribution in [0.25, 0.3) is 5.70 Å². The van der Waals surface area contributed by atoms with E-state index in [1.807, 2.05) is 59.5 Å². The molecule has 5 nitrogen and oxygen atoms in total. The van der Waals surface area contributed by atoms with E-state index in [1.54, 1.807) is 12.1 Å². The van der Waals surface area contributed by atoms with E-state index >= 15 is 0 Å². The Hall–Kier alpha value is -3.29. The largest absolute Gasteiger partial charge is 0.480 e. The van der Waals surface area contributed by atoms with Gasteiger partial charge in [-0.05, 0) is 53.8 Å². The predicted molar refractivity (Wildman–Crippen MR) is 128 cm³/mol. The van der Waals surface area contributed by atoms with Crippen molar-refractivity contribution in [2.75, 3.05) is 11.6 Å². The fourth-order valence-electron chi connectivity index (χ4n) is 4.42. The number of anilines is 1. The minimum atomic E-state index is -0.398. The monoisotopic (exact) mass is 476 g/mol. The van der Waals surface area contributed by atoms with Crippen molar-refractivity contribution in [2.24, 2.45) is 0 Å². The zero-order valence-electron chi connectivity index (χ0n) is 17.5. The first-order valence-corrected chi connectivity index (χ1v) is 12.0. The predicted octanol–water partition coefficient (Wildman–Crippen LogP) is 6.35. The molecule has 0 saturated carbocycles. The smallest absolute Gasteiger partial charge is 0.227 e. The molecule has 164 valence electrons. The van der Waals surface area contributed by atoms with Crippen molar-refractivity contribution in [3.05, 3.63) is 106 Å². The fourth-order valence-corrected chi connectivity index (χ4v) is 4.90. The molecule has 2 aliphatic rings. The molecule has 1 aromatic heterocycles. The second-order valence-electron chi connectivity index (χ2n) is 7.82. The molecule has 0 fully saturated rings. The zero-order chi connectivity index (χ0) is 22.5. The highest BCUT2D eigenvalue weighted by molar-refractivity contribution is 7.98. The van der Waals surface area contributed by atoms with Gasteiger partial charge in [0.2, 0.25) is 11.1 Å². The normalized spacial score (nSPS) is 18.6. The molecule has 2 atom stereocenters. The number of hydrogen-bond acceptors (Lipinski definition) is 5. The van der Waals surface area contributed by atoms with Crippen molar-refractivity contribution < 1.29 is 9.13 Å². The lowest BCUT2D eigenvalue weighted by Gasteiger charge is -2.38. The first kappa shape index (κ1) is 20.3. The molecule has 0 radical (unpaired) electrons. The van der Waals surface area contributed by atoms with E-state index in [4.69, 9.17) is 21.4 Å². The molecule has 33 heavy (non-hydrogen) atoms. The standard InChI is InChI=1S/C25H18ClFN4OS/c1-33-25-29-24-28-21-18-4-2-3-5-19(18)32-23(15-6-10-16(26)11-7-15)20(21)22(31(24)30-25)14-8-12-17(27)13-9-14/h2-13,22-23H,1H3,(H,28,29,30)/t22-,23-/m0/s1. The van der Waals surface area contributed by atoms with Gasteiger partial charge >= 0.3 is 0 Å². The van der Waals surface area contributed by atoms with Crippen LogP contribution >= 0.6 is 23.4 Å². The summed E-state index contributed by atoms with van der Waals surface area (Å²) in [6, 6.07) is 21.8. The Balaban J connectivity index is 1.62. The third-order valence-corrected chi connectivity index (χ3v) is 6.69. The SMILES string of the molecule is CSc1nc2n(n1)[C@@H](c1ccc(F)cc1)C1=C(N2)c2ccccc2O[C@H]1c1ccc(Cl)cc1. The molecule has 1 N–H and O–H groups in total. The van der Waals surface area contributed by atoms with E-state index < -0.39 is 6.10 Å². The van der Waals surface area contributed by atoms with E-state index in [0.717, 1.165) is 33.7 Å². The number of para-hydroxylation sites is 1. The zero-order valence-corrected chi connectivity index (χ0v) is 19.1. The topological polar surface area (TPSA) is 52.0 Å². The lowest BCUT2D eigenvalue weighted by atomic mass is 9.84. The van der Waals surface area contributed by atoms with E-state index in [2.05, 4.69) is 10.3 Å². The quantitative estimate of drug-likeness (QED) is 0.349. The number of rotatable bonds is 3. The van der Waals surface area contributed by atoms with Crippen LogP contribution in [0.3, 0.4) is 0 Å². The number of benzene rings is 3. The number of fused-ring (bicyclic) bond motifs is 3. The Morgan fingerprint density at radius 2 is 1.73 bits per heavy atom. The van der Waals surface area contributed by atoms with Crippen molar-refractivity contribution in [1.82, 2.24) is 14.8 Å². The summed E-state index contributed by atoms with van der Waals surface area (Å²) in [7, 11) is 0. The summed E-state index contributed by atoms with van der Waals surface area (Å²) in [4.78, 5) is 4.67. The van der Waals surface area contributed by atoms with Crippen molar-refractivity contribution in [2.45, 2.75) is 17.3 Å². The van der Waals surface area contributed by atoms with E-state index in [0.29, 0.717) is 16.1 Å². The van der Waals surface area contributed by atoms with Gasteiger partial charge in [-0.1, -0.05) is 59.8 Å². The third-order valence-electron chi connectivity index (χ3n) is 5.90. The maximum absolute atomic E-state index is 13.8. The summed E-state index contributed by atoms with van der Waals surface area (Å²) in [5, 5.41) is 9.56. The maximum Gasteiger partial charge on any atom is 0.227 e. The van der Waals surface area contributed by atoms with Gasteiger partial charge in [-0.2, -0.15) is 4.98 Å². The van der Waals surface area contributed by atoms with Gasteiger partial charge < -0.3 is 10.1 Å². The minimum absolute atomic E-state index is 0.287. The Morgan fingerprint density at radius 1 is 1.00 bits per heavy atom. The van der Waals surface area contributed by atoms with E-state index in [-0.39, 0.29) is 11.9 Å². The molecule has 4 aromatic rings. The Morgan fingerprint density at radius 3 is 2.48 bits per heavy atom. The molecule has 3 aromatic carbocycles. The molecule has 2 aliphatic heterocycles. The molecule has 0 spiro atoms. The summed E-state index contributed by atoms with van der Waals surface area (Å²) in [5.74, 6) is 1.13. The minimum Gasteiger partial charge on any atom is -0.480 e. The molecular weight excluding hydrogens is 459 g/mol. The van der Waals surface area contributed by atoms with Gasteiger partial charge in [0.1, 0.15) is 23.7 Å². The van der Waals surface area contributed by atoms with Crippen LogP contribution in [0.2, 0.25) is 5.02 Å². The number of aromatic nitrogens is 3. The van der Waals surface area contributed by atoms with Gasteiger partial charge in [0, 0.05) is 16.2 Å². The number of halogens is 2. The fraction of sp³-hybridized carbons (Fsp3) is 0.120. The van der Waals surface area contributed by atoms with Gasteiger partial charge in [-0.15, -0.1) is 5.10 Å². The Bertz CT molecular complexity index is 1380. The summed E-state index contributed by atoms with van der Waals surface area (Å²) < 4.78 is 22.2. The lowest BCUT2D eigenvalue weighted by molar-refractivity contribution is 0.223. The lowest BCUT2D eigenvalue weighted by Crippen LogP contribution is -2.32. The first-order chi connectivity index (χ1) is 16.1.